The summed E-state index contributed by atoms with van der Waals surface area (Å²) in [4.78, 5) is 0. The van der Waals surface area contributed by atoms with Crippen molar-refractivity contribution in [3.63, 3.8) is 0 Å². The highest BCUT2D eigenvalue weighted by Gasteiger charge is 2.15. The first-order chi connectivity index (χ1) is 9.15. The van der Waals surface area contributed by atoms with E-state index in [1.54, 1.807) is 0 Å². The Labute approximate surface area is 128 Å². The molecule has 0 amide bonds. The number of hydrogen-bond acceptors (Lipinski definition) is 2. The minimum atomic E-state index is 0.192. The van der Waals surface area contributed by atoms with Crippen molar-refractivity contribution in [2.24, 2.45) is 0 Å². The summed E-state index contributed by atoms with van der Waals surface area (Å²) in [6, 6.07) is 8.44. The molecule has 2 N–H and O–H groups in total. The van der Waals surface area contributed by atoms with Crippen molar-refractivity contribution < 1.29 is 4.74 Å². The van der Waals surface area contributed by atoms with E-state index < -0.39 is 0 Å². The minimum absolute atomic E-state index is 0.192. The molecule has 1 aliphatic rings. The van der Waals surface area contributed by atoms with Crippen LogP contribution in [-0.2, 0) is 4.74 Å². The van der Waals surface area contributed by atoms with Gasteiger partial charge in [0.15, 0.2) is 5.11 Å². The fraction of sp³-hybridized carbons (Fsp3) is 0.500. The predicted molar refractivity (Wildman–Crippen MR) is 85.3 cm³/mol. The molecule has 0 spiro atoms. The van der Waals surface area contributed by atoms with Gasteiger partial charge in [0.1, 0.15) is 0 Å². The van der Waals surface area contributed by atoms with Crippen LogP contribution in [0.25, 0.3) is 0 Å². The summed E-state index contributed by atoms with van der Waals surface area (Å²) in [5, 5.41) is 7.20. The Morgan fingerprint density at radius 1 is 1.47 bits per heavy atom. The summed E-state index contributed by atoms with van der Waals surface area (Å²) >= 11 is 8.74. The Balaban J connectivity index is 1.76. The molecule has 104 valence electrons. The Hall–Kier alpha value is -0.650. The fourth-order valence-electron chi connectivity index (χ4n) is 2.09. The van der Waals surface area contributed by atoms with Crippen LogP contribution < -0.4 is 10.6 Å². The molecule has 2 atom stereocenters. The van der Waals surface area contributed by atoms with Gasteiger partial charge in [-0.2, -0.15) is 0 Å². The second kappa shape index (κ2) is 7.22. The summed E-state index contributed by atoms with van der Waals surface area (Å²) in [7, 11) is 0. The summed E-state index contributed by atoms with van der Waals surface area (Å²) < 4.78 is 6.64. The van der Waals surface area contributed by atoms with Gasteiger partial charge in [-0.15, -0.1) is 0 Å². The third-order valence-electron chi connectivity index (χ3n) is 3.23. The first-order valence-electron chi connectivity index (χ1n) is 6.56. The van der Waals surface area contributed by atoms with Crippen LogP contribution in [0.5, 0.6) is 0 Å². The Morgan fingerprint density at radius 2 is 2.21 bits per heavy atom. The molecular formula is C14H19BrN2OS. The normalized spacial score (nSPS) is 20.0. The predicted octanol–water partition coefficient (Wildman–Crippen LogP) is 3.15. The van der Waals surface area contributed by atoms with Crippen molar-refractivity contribution in [1.29, 1.82) is 0 Å². The second-order valence-electron chi connectivity index (χ2n) is 4.76. The number of ether oxygens (including phenoxy) is 1. The van der Waals surface area contributed by atoms with Crippen molar-refractivity contribution in [3.05, 3.63) is 34.3 Å². The van der Waals surface area contributed by atoms with Gasteiger partial charge >= 0.3 is 0 Å². The highest BCUT2D eigenvalue weighted by atomic mass is 79.9. The molecule has 19 heavy (non-hydrogen) atoms. The van der Waals surface area contributed by atoms with Crippen LogP contribution in [0.4, 0.5) is 0 Å². The van der Waals surface area contributed by atoms with Crippen molar-refractivity contribution in [2.75, 3.05) is 13.2 Å². The first kappa shape index (κ1) is 14.8. The summed E-state index contributed by atoms with van der Waals surface area (Å²) in [5.41, 5.74) is 1.21. The lowest BCUT2D eigenvalue weighted by Gasteiger charge is -2.19. The number of thiocarbonyl (C=S) groups is 1. The number of nitrogens with one attached hydrogen (secondary N) is 2. The molecule has 0 saturated carbocycles. The standard InChI is InChI=1S/C14H19BrN2OS/c1-10(11-4-6-12(15)7-5-11)17-14(19)16-9-13-3-2-8-18-13/h4-7,10,13H,2-3,8-9H2,1H3,(H2,16,17,19)/t10-,13+/m0/s1. The van der Waals surface area contributed by atoms with Gasteiger partial charge < -0.3 is 15.4 Å². The molecule has 1 fully saturated rings. The molecule has 0 aliphatic carbocycles. The van der Waals surface area contributed by atoms with Gasteiger partial charge in [-0.25, -0.2) is 0 Å². The molecule has 5 heteroatoms. The van der Waals surface area contributed by atoms with Gasteiger partial charge in [0.05, 0.1) is 12.1 Å². The van der Waals surface area contributed by atoms with E-state index in [1.807, 2.05) is 12.1 Å². The third-order valence-corrected chi connectivity index (χ3v) is 4.02. The fourth-order valence-corrected chi connectivity index (χ4v) is 2.62. The topological polar surface area (TPSA) is 33.3 Å². The lowest BCUT2D eigenvalue weighted by Crippen LogP contribution is -2.40. The summed E-state index contributed by atoms with van der Waals surface area (Å²) in [6.45, 7) is 3.77. The molecule has 0 unspecified atom stereocenters. The zero-order chi connectivity index (χ0) is 13.7. The van der Waals surface area contributed by atoms with Gasteiger partial charge in [0, 0.05) is 17.6 Å². The van der Waals surface area contributed by atoms with Gasteiger partial charge in [-0.3, -0.25) is 0 Å². The Kier molecular flexibility index (Phi) is 5.60. The first-order valence-corrected chi connectivity index (χ1v) is 7.76. The van der Waals surface area contributed by atoms with Crippen LogP contribution in [0, 0.1) is 0 Å². The number of rotatable bonds is 4. The van der Waals surface area contributed by atoms with Gasteiger partial charge in [-0.1, -0.05) is 28.1 Å². The van der Waals surface area contributed by atoms with E-state index in [4.69, 9.17) is 17.0 Å². The molecule has 1 aromatic rings. The van der Waals surface area contributed by atoms with Crippen LogP contribution >= 0.6 is 28.1 Å². The van der Waals surface area contributed by atoms with Crippen molar-refractivity contribution in [2.45, 2.75) is 31.9 Å². The van der Waals surface area contributed by atoms with Crippen molar-refractivity contribution >= 4 is 33.3 Å². The van der Waals surface area contributed by atoms with Crippen LogP contribution in [-0.4, -0.2) is 24.4 Å². The number of hydrogen-bond donors (Lipinski definition) is 2. The van der Waals surface area contributed by atoms with E-state index in [0.717, 1.165) is 30.5 Å². The van der Waals surface area contributed by atoms with Gasteiger partial charge in [0.25, 0.3) is 0 Å². The van der Waals surface area contributed by atoms with Crippen LogP contribution in [0.3, 0.4) is 0 Å². The molecule has 1 aliphatic heterocycles. The zero-order valence-electron chi connectivity index (χ0n) is 11.0. The smallest absolute Gasteiger partial charge is 0.166 e. The quantitative estimate of drug-likeness (QED) is 0.823. The maximum absolute atomic E-state index is 5.55. The maximum atomic E-state index is 5.55. The average molecular weight is 343 g/mol. The lowest BCUT2D eigenvalue weighted by molar-refractivity contribution is 0.114. The molecule has 0 radical (unpaired) electrons. The second-order valence-corrected chi connectivity index (χ2v) is 6.09. The molecule has 3 nitrogen and oxygen atoms in total. The summed E-state index contributed by atoms with van der Waals surface area (Å²) in [5.74, 6) is 0. The number of halogens is 1. The molecule has 0 aromatic heterocycles. The number of benzene rings is 1. The van der Waals surface area contributed by atoms with E-state index >= 15 is 0 Å². The van der Waals surface area contributed by atoms with Crippen molar-refractivity contribution in [1.82, 2.24) is 10.6 Å². The Morgan fingerprint density at radius 3 is 2.84 bits per heavy atom. The molecule has 1 heterocycles. The average Bonchev–Trinajstić information content (AvgIpc) is 2.90. The highest BCUT2D eigenvalue weighted by molar-refractivity contribution is 9.10. The zero-order valence-corrected chi connectivity index (χ0v) is 13.4. The highest BCUT2D eigenvalue weighted by Crippen LogP contribution is 2.16. The Bertz CT molecular complexity index is 418. The van der Waals surface area contributed by atoms with E-state index in [-0.39, 0.29) is 6.04 Å². The van der Waals surface area contributed by atoms with Gasteiger partial charge in [0.2, 0.25) is 0 Å². The SMILES string of the molecule is C[C@H](NC(=S)NC[C@H]1CCCO1)c1ccc(Br)cc1. The molecule has 0 bridgehead atoms. The van der Waals surface area contributed by atoms with Crippen LogP contribution in [0.15, 0.2) is 28.7 Å². The van der Waals surface area contributed by atoms with E-state index in [1.165, 1.54) is 5.56 Å². The maximum Gasteiger partial charge on any atom is 0.166 e. The largest absolute Gasteiger partial charge is 0.376 e. The van der Waals surface area contributed by atoms with Gasteiger partial charge in [-0.05, 0) is 49.7 Å². The molecular weight excluding hydrogens is 324 g/mol. The van der Waals surface area contributed by atoms with E-state index in [9.17, 15) is 0 Å². The minimum Gasteiger partial charge on any atom is -0.376 e. The molecule has 2 rings (SSSR count). The van der Waals surface area contributed by atoms with E-state index in [2.05, 4.69) is 45.6 Å². The van der Waals surface area contributed by atoms with Crippen molar-refractivity contribution in [3.8, 4) is 0 Å². The van der Waals surface area contributed by atoms with Crippen LogP contribution in [0.1, 0.15) is 31.4 Å². The van der Waals surface area contributed by atoms with Crippen LogP contribution in [0.2, 0.25) is 0 Å². The lowest BCUT2D eigenvalue weighted by atomic mass is 10.1. The monoisotopic (exact) mass is 342 g/mol. The molecule has 1 saturated heterocycles. The molecule has 1 aromatic carbocycles. The summed E-state index contributed by atoms with van der Waals surface area (Å²) in [6.07, 6.45) is 2.59. The van der Waals surface area contributed by atoms with E-state index in [0.29, 0.717) is 11.2 Å². The third kappa shape index (κ3) is 4.75.